The van der Waals surface area contributed by atoms with Crippen LogP contribution in [0.5, 0.6) is 0 Å². The van der Waals surface area contributed by atoms with E-state index in [1.54, 1.807) is 0 Å². The molecule has 1 saturated carbocycles. The summed E-state index contributed by atoms with van der Waals surface area (Å²) in [6, 6.07) is 8.82. The van der Waals surface area contributed by atoms with Crippen LogP contribution in [0, 0.1) is 12.8 Å². The third kappa shape index (κ3) is 5.98. The van der Waals surface area contributed by atoms with Crippen LogP contribution in [0.3, 0.4) is 0 Å². The zero-order valence-corrected chi connectivity index (χ0v) is 15.0. The lowest BCUT2D eigenvalue weighted by Crippen LogP contribution is -2.34. The van der Waals surface area contributed by atoms with Gasteiger partial charge in [0.05, 0.1) is 6.04 Å². The van der Waals surface area contributed by atoms with Crippen molar-refractivity contribution in [3.05, 3.63) is 35.4 Å². The Kier molecular flexibility index (Phi) is 7.10. The Morgan fingerprint density at radius 2 is 1.83 bits per heavy atom. The van der Waals surface area contributed by atoms with E-state index in [0.717, 1.165) is 12.3 Å². The molecule has 3 nitrogen and oxygen atoms in total. The van der Waals surface area contributed by atoms with Crippen molar-refractivity contribution >= 4 is 5.91 Å². The van der Waals surface area contributed by atoms with E-state index in [0.29, 0.717) is 13.0 Å². The van der Waals surface area contributed by atoms with E-state index in [4.69, 9.17) is 0 Å². The summed E-state index contributed by atoms with van der Waals surface area (Å²) in [7, 11) is 4.14. The molecule has 0 spiro atoms. The van der Waals surface area contributed by atoms with Crippen LogP contribution in [0.4, 0.5) is 0 Å². The normalized spacial score (nSPS) is 17.2. The van der Waals surface area contributed by atoms with Gasteiger partial charge in [0.1, 0.15) is 0 Å². The number of benzene rings is 1. The monoisotopic (exact) mass is 316 g/mol. The fraction of sp³-hybridized carbons (Fsp3) is 0.650. The van der Waals surface area contributed by atoms with Crippen molar-refractivity contribution in [3.8, 4) is 0 Å². The minimum atomic E-state index is 0.203. The van der Waals surface area contributed by atoms with E-state index >= 15 is 0 Å². The molecule has 1 aliphatic rings. The van der Waals surface area contributed by atoms with Gasteiger partial charge in [0.25, 0.3) is 0 Å². The molecule has 128 valence electrons. The average Bonchev–Trinajstić information content (AvgIpc) is 2.55. The molecule has 0 heterocycles. The van der Waals surface area contributed by atoms with Gasteiger partial charge in [-0.1, -0.05) is 61.9 Å². The molecule has 1 unspecified atom stereocenters. The van der Waals surface area contributed by atoms with Crippen LogP contribution in [0.15, 0.2) is 24.3 Å². The number of carbonyl (C=O) groups is 1. The Bertz CT molecular complexity index is 475. The Morgan fingerprint density at radius 3 is 2.43 bits per heavy atom. The number of amides is 1. The molecular weight excluding hydrogens is 284 g/mol. The zero-order valence-electron chi connectivity index (χ0n) is 15.0. The summed E-state index contributed by atoms with van der Waals surface area (Å²) < 4.78 is 0. The molecule has 2 rings (SSSR count). The first kappa shape index (κ1) is 18.0. The lowest BCUT2D eigenvalue weighted by atomic mass is 9.86. The predicted molar refractivity (Wildman–Crippen MR) is 96.4 cm³/mol. The second kappa shape index (κ2) is 9.07. The standard InChI is InChI=1S/C20H32N2O/c1-16-9-12-18(13-10-16)19(22(2)3)15-21-20(23)14-11-17-7-5-4-6-8-17/h9-10,12-13,17,19H,4-8,11,14-15H2,1-3H3,(H,21,23). The summed E-state index contributed by atoms with van der Waals surface area (Å²) in [5, 5.41) is 3.14. The van der Waals surface area contributed by atoms with Gasteiger partial charge in [-0.2, -0.15) is 0 Å². The molecule has 0 radical (unpaired) electrons. The summed E-state index contributed by atoms with van der Waals surface area (Å²) in [5.74, 6) is 0.978. The molecule has 1 atom stereocenters. The van der Waals surface area contributed by atoms with Crippen molar-refractivity contribution in [2.75, 3.05) is 20.6 Å². The van der Waals surface area contributed by atoms with E-state index in [2.05, 4.69) is 55.5 Å². The topological polar surface area (TPSA) is 32.3 Å². The Balaban J connectivity index is 1.78. The molecule has 0 bridgehead atoms. The minimum absolute atomic E-state index is 0.203. The van der Waals surface area contributed by atoms with Gasteiger partial charge >= 0.3 is 0 Å². The van der Waals surface area contributed by atoms with Crippen LogP contribution < -0.4 is 5.32 Å². The fourth-order valence-corrected chi connectivity index (χ4v) is 3.50. The quantitative estimate of drug-likeness (QED) is 0.822. The smallest absolute Gasteiger partial charge is 0.220 e. The zero-order chi connectivity index (χ0) is 16.7. The van der Waals surface area contributed by atoms with Crippen LogP contribution in [0.1, 0.15) is 62.1 Å². The molecular formula is C20H32N2O. The first-order chi connectivity index (χ1) is 11.1. The highest BCUT2D eigenvalue weighted by molar-refractivity contribution is 5.75. The molecule has 1 fully saturated rings. The fourth-order valence-electron chi connectivity index (χ4n) is 3.50. The largest absolute Gasteiger partial charge is 0.354 e. The van der Waals surface area contributed by atoms with Crippen LogP contribution in [-0.4, -0.2) is 31.4 Å². The van der Waals surface area contributed by atoms with Gasteiger partial charge in [0.2, 0.25) is 5.91 Å². The van der Waals surface area contributed by atoms with E-state index in [9.17, 15) is 4.79 Å². The first-order valence-electron chi connectivity index (χ1n) is 9.06. The summed E-state index contributed by atoms with van der Waals surface area (Å²) in [4.78, 5) is 14.3. The van der Waals surface area contributed by atoms with Crippen LogP contribution >= 0.6 is 0 Å². The Labute approximate surface area is 141 Å². The Morgan fingerprint density at radius 1 is 1.17 bits per heavy atom. The molecule has 1 aliphatic carbocycles. The van der Waals surface area contributed by atoms with Crippen LogP contribution in [0.2, 0.25) is 0 Å². The van der Waals surface area contributed by atoms with Crippen molar-refractivity contribution in [2.45, 2.75) is 57.9 Å². The molecule has 0 aromatic heterocycles. The number of carbonyl (C=O) groups excluding carboxylic acids is 1. The maximum Gasteiger partial charge on any atom is 0.220 e. The average molecular weight is 316 g/mol. The summed E-state index contributed by atoms with van der Waals surface area (Å²) in [6.07, 6.45) is 8.45. The van der Waals surface area contributed by atoms with Crippen molar-refractivity contribution in [3.63, 3.8) is 0 Å². The number of nitrogens with zero attached hydrogens (tertiary/aromatic N) is 1. The lowest BCUT2D eigenvalue weighted by molar-refractivity contribution is -0.121. The number of nitrogens with one attached hydrogen (secondary N) is 1. The van der Waals surface area contributed by atoms with Crippen molar-refractivity contribution in [2.24, 2.45) is 5.92 Å². The Hall–Kier alpha value is -1.35. The van der Waals surface area contributed by atoms with E-state index in [1.807, 2.05) is 0 Å². The van der Waals surface area contributed by atoms with Gasteiger partial charge in [-0.3, -0.25) is 4.79 Å². The molecule has 1 amide bonds. The first-order valence-corrected chi connectivity index (χ1v) is 9.06. The maximum atomic E-state index is 12.2. The molecule has 1 N–H and O–H groups in total. The van der Waals surface area contributed by atoms with Gasteiger partial charge < -0.3 is 10.2 Å². The molecule has 23 heavy (non-hydrogen) atoms. The summed E-state index contributed by atoms with van der Waals surface area (Å²) >= 11 is 0. The number of hydrogen-bond acceptors (Lipinski definition) is 2. The van der Waals surface area contributed by atoms with E-state index < -0.39 is 0 Å². The van der Waals surface area contributed by atoms with Crippen LogP contribution in [-0.2, 0) is 4.79 Å². The van der Waals surface area contributed by atoms with Crippen molar-refractivity contribution < 1.29 is 4.79 Å². The SMILES string of the molecule is Cc1ccc(C(CNC(=O)CCC2CCCCC2)N(C)C)cc1. The van der Waals surface area contributed by atoms with Gasteiger partial charge in [-0.25, -0.2) is 0 Å². The van der Waals surface area contributed by atoms with E-state index in [1.165, 1.54) is 43.2 Å². The lowest BCUT2D eigenvalue weighted by Gasteiger charge is -2.25. The molecule has 0 aliphatic heterocycles. The highest BCUT2D eigenvalue weighted by atomic mass is 16.1. The third-order valence-electron chi connectivity index (χ3n) is 5.08. The van der Waals surface area contributed by atoms with Gasteiger partial charge in [-0.15, -0.1) is 0 Å². The van der Waals surface area contributed by atoms with E-state index in [-0.39, 0.29) is 11.9 Å². The number of hydrogen-bond donors (Lipinski definition) is 1. The summed E-state index contributed by atoms with van der Waals surface area (Å²) in [6.45, 7) is 2.78. The van der Waals surface area contributed by atoms with Crippen molar-refractivity contribution in [1.29, 1.82) is 0 Å². The maximum absolute atomic E-state index is 12.2. The van der Waals surface area contributed by atoms with Gasteiger partial charge in [0.15, 0.2) is 0 Å². The molecule has 3 heteroatoms. The second-order valence-electron chi connectivity index (χ2n) is 7.24. The van der Waals surface area contributed by atoms with Crippen molar-refractivity contribution in [1.82, 2.24) is 10.2 Å². The predicted octanol–water partition coefficient (Wildman–Crippen LogP) is 4.07. The van der Waals surface area contributed by atoms with Crippen LogP contribution in [0.25, 0.3) is 0 Å². The molecule has 1 aromatic rings. The second-order valence-corrected chi connectivity index (χ2v) is 7.24. The highest BCUT2D eigenvalue weighted by Crippen LogP contribution is 2.27. The highest BCUT2D eigenvalue weighted by Gasteiger charge is 2.17. The third-order valence-corrected chi connectivity index (χ3v) is 5.08. The molecule has 1 aromatic carbocycles. The number of likely N-dealkylation sites (N-methyl/N-ethyl adjacent to an activating group) is 1. The number of rotatable bonds is 7. The van der Waals surface area contributed by atoms with Gasteiger partial charge in [-0.05, 0) is 38.9 Å². The minimum Gasteiger partial charge on any atom is -0.354 e. The summed E-state index contributed by atoms with van der Waals surface area (Å²) in [5.41, 5.74) is 2.52. The molecule has 0 saturated heterocycles. The number of aryl methyl sites for hydroxylation is 1. The van der Waals surface area contributed by atoms with Gasteiger partial charge in [0, 0.05) is 13.0 Å².